The predicted molar refractivity (Wildman–Crippen MR) is 107 cm³/mol. The van der Waals surface area contributed by atoms with Crippen LogP contribution in [0.5, 0.6) is 0 Å². The van der Waals surface area contributed by atoms with Crippen LogP contribution in [0.15, 0.2) is 47.6 Å². The number of aromatic nitrogens is 4. The number of amides is 2. The third-order valence-electron chi connectivity index (χ3n) is 4.02. The van der Waals surface area contributed by atoms with Crippen molar-refractivity contribution in [3.05, 3.63) is 59.4 Å². The van der Waals surface area contributed by atoms with Crippen LogP contribution < -0.4 is 10.6 Å². The molecule has 3 aromatic rings. The lowest BCUT2D eigenvalue weighted by atomic mass is 10.1. The average Bonchev–Trinajstić information content (AvgIpc) is 3.16. The van der Waals surface area contributed by atoms with Gasteiger partial charge in [0, 0.05) is 5.69 Å². The first kappa shape index (κ1) is 20.5. The molecule has 0 spiro atoms. The van der Waals surface area contributed by atoms with Crippen LogP contribution in [0, 0.1) is 19.7 Å². The summed E-state index contributed by atoms with van der Waals surface area (Å²) in [5.74, 6) is -1.07. The summed E-state index contributed by atoms with van der Waals surface area (Å²) in [6, 6.07) is 11.5. The summed E-state index contributed by atoms with van der Waals surface area (Å²) in [5.41, 5.74) is 3.09. The fraction of sp³-hybridized carbons (Fsp3) is 0.211. The zero-order valence-corrected chi connectivity index (χ0v) is 16.7. The van der Waals surface area contributed by atoms with Crippen molar-refractivity contribution in [2.45, 2.75) is 19.0 Å². The smallest absolute Gasteiger partial charge is 0.243 e. The number of hydrogen-bond donors (Lipinski definition) is 2. The molecule has 0 saturated heterocycles. The van der Waals surface area contributed by atoms with Gasteiger partial charge in [-0.05, 0) is 53.6 Å². The number of carbonyl (C=O) groups excluding carboxylic acids is 2. The molecule has 0 fully saturated rings. The van der Waals surface area contributed by atoms with Gasteiger partial charge in [0.25, 0.3) is 0 Å². The predicted octanol–water partition coefficient (Wildman–Crippen LogP) is 2.27. The maximum Gasteiger partial charge on any atom is 0.243 e. The molecule has 150 valence electrons. The number of anilines is 1. The number of thioether (sulfide) groups is 1. The number of nitrogens with one attached hydrogen (secondary N) is 2. The van der Waals surface area contributed by atoms with Gasteiger partial charge in [0.2, 0.25) is 17.0 Å². The van der Waals surface area contributed by atoms with E-state index < -0.39 is 5.82 Å². The second-order valence-corrected chi connectivity index (χ2v) is 7.18. The first-order valence-electron chi connectivity index (χ1n) is 8.74. The lowest BCUT2D eigenvalue weighted by Crippen LogP contribution is -2.34. The van der Waals surface area contributed by atoms with Crippen LogP contribution in [0.2, 0.25) is 0 Å². The maximum absolute atomic E-state index is 13.4. The Labute approximate surface area is 170 Å². The van der Waals surface area contributed by atoms with Crippen molar-refractivity contribution in [1.29, 1.82) is 0 Å². The quantitative estimate of drug-likeness (QED) is 0.575. The van der Waals surface area contributed by atoms with E-state index in [1.807, 2.05) is 32.0 Å². The highest BCUT2D eigenvalue weighted by Crippen LogP contribution is 2.20. The molecule has 0 radical (unpaired) electrons. The van der Waals surface area contributed by atoms with E-state index in [9.17, 15) is 14.0 Å². The number of para-hydroxylation sites is 1. The zero-order valence-electron chi connectivity index (χ0n) is 15.8. The molecule has 2 N–H and O–H groups in total. The molecule has 0 aliphatic heterocycles. The molecule has 0 atom stereocenters. The Hall–Kier alpha value is -3.27. The Morgan fingerprint density at radius 1 is 1.10 bits per heavy atom. The number of carbonyl (C=O) groups is 2. The largest absolute Gasteiger partial charge is 0.346 e. The highest BCUT2D eigenvalue weighted by Gasteiger charge is 2.13. The molecular weight excluding hydrogens is 395 g/mol. The molecule has 1 heterocycles. The molecule has 0 unspecified atom stereocenters. The number of aryl methyl sites for hydroxylation is 2. The lowest BCUT2D eigenvalue weighted by Gasteiger charge is -2.11. The average molecular weight is 414 g/mol. The number of hydrogen-bond acceptors (Lipinski definition) is 6. The Balaban J connectivity index is 1.51. The van der Waals surface area contributed by atoms with Gasteiger partial charge in [-0.1, -0.05) is 36.0 Å². The van der Waals surface area contributed by atoms with Crippen molar-refractivity contribution in [3.63, 3.8) is 0 Å². The first-order valence-corrected chi connectivity index (χ1v) is 9.72. The molecular formula is C19H19FN6O2S. The number of rotatable bonds is 7. The van der Waals surface area contributed by atoms with Gasteiger partial charge in [0.05, 0.1) is 18.0 Å². The van der Waals surface area contributed by atoms with Crippen LogP contribution in [-0.2, 0) is 9.59 Å². The Bertz CT molecular complexity index is 1020. The van der Waals surface area contributed by atoms with Crippen molar-refractivity contribution in [3.8, 4) is 5.69 Å². The second kappa shape index (κ2) is 9.28. The Morgan fingerprint density at radius 2 is 1.83 bits per heavy atom. The van der Waals surface area contributed by atoms with Crippen LogP contribution in [0.3, 0.4) is 0 Å². The van der Waals surface area contributed by atoms with E-state index in [0.29, 0.717) is 10.8 Å². The summed E-state index contributed by atoms with van der Waals surface area (Å²) in [5, 5.41) is 16.9. The first-order chi connectivity index (χ1) is 13.9. The lowest BCUT2D eigenvalue weighted by molar-refractivity contribution is -0.122. The van der Waals surface area contributed by atoms with E-state index in [0.717, 1.165) is 28.6 Å². The molecule has 8 nitrogen and oxygen atoms in total. The van der Waals surface area contributed by atoms with E-state index >= 15 is 0 Å². The summed E-state index contributed by atoms with van der Waals surface area (Å²) in [4.78, 5) is 24.2. The van der Waals surface area contributed by atoms with Crippen LogP contribution in [0.1, 0.15) is 11.1 Å². The van der Waals surface area contributed by atoms with Gasteiger partial charge in [-0.15, -0.1) is 5.10 Å². The van der Waals surface area contributed by atoms with E-state index in [1.54, 1.807) is 12.1 Å². The molecule has 0 aliphatic rings. The molecule has 2 aromatic carbocycles. The van der Waals surface area contributed by atoms with Gasteiger partial charge in [-0.25, -0.2) is 4.39 Å². The number of nitrogens with zero attached hydrogens (tertiary/aromatic N) is 4. The minimum Gasteiger partial charge on any atom is -0.346 e. The van der Waals surface area contributed by atoms with Gasteiger partial charge in [0.15, 0.2) is 0 Å². The zero-order chi connectivity index (χ0) is 20.8. The fourth-order valence-electron chi connectivity index (χ4n) is 2.59. The van der Waals surface area contributed by atoms with Crippen molar-refractivity contribution in [2.75, 3.05) is 17.6 Å². The van der Waals surface area contributed by atoms with Crippen molar-refractivity contribution >= 4 is 29.3 Å². The van der Waals surface area contributed by atoms with Gasteiger partial charge < -0.3 is 10.6 Å². The molecule has 1 aromatic heterocycles. The monoisotopic (exact) mass is 414 g/mol. The maximum atomic E-state index is 13.4. The SMILES string of the molecule is Cc1cccc(C)c1NC(=O)CNC(=O)CSc1nnnn1-c1cccc(F)c1. The van der Waals surface area contributed by atoms with Gasteiger partial charge >= 0.3 is 0 Å². The van der Waals surface area contributed by atoms with Gasteiger partial charge in [0.1, 0.15) is 5.82 Å². The minimum atomic E-state index is -0.415. The topological polar surface area (TPSA) is 102 Å². The molecule has 2 amide bonds. The van der Waals surface area contributed by atoms with Crippen LogP contribution >= 0.6 is 11.8 Å². The Morgan fingerprint density at radius 3 is 2.55 bits per heavy atom. The van der Waals surface area contributed by atoms with E-state index in [4.69, 9.17) is 0 Å². The molecule has 0 aliphatic carbocycles. The Kier molecular flexibility index (Phi) is 6.55. The molecule has 0 saturated carbocycles. The van der Waals surface area contributed by atoms with Crippen molar-refractivity contribution in [2.24, 2.45) is 0 Å². The summed E-state index contributed by atoms with van der Waals surface area (Å²) >= 11 is 1.08. The molecule has 3 rings (SSSR count). The summed E-state index contributed by atoms with van der Waals surface area (Å²) in [6.07, 6.45) is 0. The van der Waals surface area contributed by atoms with Crippen LogP contribution in [-0.4, -0.2) is 44.3 Å². The van der Waals surface area contributed by atoms with Gasteiger partial charge in [-0.3, -0.25) is 9.59 Å². The van der Waals surface area contributed by atoms with Crippen molar-refractivity contribution in [1.82, 2.24) is 25.5 Å². The third-order valence-corrected chi connectivity index (χ3v) is 4.94. The van der Waals surface area contributed by atoms with Crippen LogP contribution in [0.4, 0.5) is 10.1 Å². The van der Waals surface area contributed by atoms with E-state index in [2.05, 4.69) is 26.2 Å². The van der Waals surface area contributed by atoms with Crippen molar-refractivity contribution < 1.29 is 14.0 Å². The molecule has 29 heavy (non-hydrogen) atoms. The number of benzene rings is 2. The summed E-state index contributed by atoms with van der Waals surface area (Å²) in [7, 11) is 0. The normalized spacial score (nSPS) is 10.6. The second-order valence-electron chi connectivity index (χ2n) is 6.23. The highest BCUT2D eigenvalue weighted by molar-refractivity contribution is 7.99. The number of tetrazole rings is 1. The summed E-state index contributed by atoms with van der Waals surface area (Å²) < 4.78 is 14.7. The van der Waals surface area contributed by atoms with E-state index in [1.165, 1.54) is 16.8 Å². The minimum absolute atomic E-state index is 0.00631. The van der Waals surface area contributed by atoms with Crippen LogP contribution in [0.25, 0.3) is 5.69 Å². The highest BCUT2D eigenvalue weighted by atomic mass is 32.2. The molecule has 0 bridgehead atoms. The molecule has 10 heteroatoms. The fourth-order valence-corrected chi connectivity index (χ4v) is 3.31. The summed E-state index contributed by atoms with van der Waals surface area (Å²) in [6.45, 7) is 3.66. The third kappa shape index (κ3) is 5.38. The van der Waals surface area contributed by atoms with Gasteiger partial charge in [-0.2, -0.15) is 4.68 Å². The standard InChI is InChI=1S/C19H19FN6O2S/c1-12-5-3-6-13(2)18(12)22-16(27)10-21-17(28)11-29-19-23-24-25-26(19)15-8-4-7-14(20)9-15/h3-9H,10-11H2,1-2H3,(H,21,28)(H,22,27). The van der Waals surface area contributed by atoms with E-state index in [-0.39, 0.29) is 24.1 Å². The number of halogens is 1.